The minimum absolute atomic E-state index is 0.259. The predicted octanol–water partition coefficient (Wildman–Crippen LogP) is 0.386. The number of hydrogen-bond acceptors (Lipinski definition) is 6. The Hall–Kier alpha value is -1.00. The molecule has 1 aliphatic heterocycles. The first kappa shape index (κ1) is 11.1. The molecule has 3 heterocycles. The summed E-state index contributed by atoms with van der Waals surface area (Å²) in [6, 6.07) is 0. The zero-order valence-electron chi connectivity index (χ0n) is 8.84. The van der Waals surface area contributed by atoms with Gasteiger partial charge in [0.05, 0.1) is 25.1 Å². The van der Waals surface area contributed by atoms with Gasteiger partial charge in [-0.1, -0.05) is 0 Å². The fourth-order valence-electron chi connectivity index (χ4n) is 1.77. The van der Waals surface area contributed by atoms with E-state index < -0.39 is 0 Å². The third kappa shape index (κ3) is 1.96. The summed E-state index contributed by atoms with van der Waals surface area (Å²) in [5.41, 5.74) is 6.52. The van der Waals surface area contributed by atoms with E-state index in [1.165, 1.54) is 6.33 Å². The number of ether oxygens (including phenoxy) is 2. The van der Waals surface area contributed by atoms with E-state index in [-0.39, 0.29) is 6.29 Å². The minimum atomic E-state index is -0.259. The first-order valence-electron chi connectivity index (χ1n) is 5.11. The van der Waals surface area contributed by atoms with Gasteiger partial charge in [-0.05, 0) is 22.6 Å². The summed E-state index contributed by atoms with van der Waals surface area (Å²) < 4.78 is 13.3. The Labute approximate surface area is 110 Å². The van der Waals surface area contributed by atoms with Gasteiger partial charge in [-0.15, -0.1) is 0 Å². The van der Waals surface area contributed by atoms with Crippen molar-refractivity contribution in [2.75, 3.05) is 18.9 Å². The Kier molecular flexibility index (Phi) is 2.84. The van der Waals surface area contributed by atoms with E-state index in [9.17, 15) is 0 Å². The van der Waals surface area contributed by atoms with Gasteiger partial charge in [0, 0.05) is 0 Å². The normalized spacial score (nSPS) is 17.0. The molecule has 0 unspecified atom stereocenters. The first-order chi connectivity index (χ1) is 8.25. The lowest BCUT2D eigenvalue weighted by Gasteiger charge is -2.08. The zero-order valence-corrected chi connectivity index (χ0v) is 11.0. The lowest BCUT2D eigenvalue weighted by molar-refractivity contribution is -0.0539. The summed E-state index contributed by atoms with van der Waals surface area (Å²) in [5.74, 6) is 0.443. The highest BCUT2D eigenvalue weighted by Gasteiger charge is 2.20. The van der Waals surface area contributed by atoms with Crippen molar-refractivity contribution in [1.29, 1.82) is 0 Å². The van der Waals surface area contributed by atoms with Crippen LogP contribution in [0, 0.1) is 3.70 Å². The van der Waals surface area contributed by atoms with E-state index in [0.29, 0.717) is 31.2 Å². The van der Waals surface area contributed by atoms with Gasteiger partial charge in [0.1, 0.15) is 15.8 Å². The molecule has 0 bridgehead atoms. The Balaban J connectivity index is 2.01. The average Bonchev–Trinajstić information content (AvgIpc) is 2.90. The lowest BCUT2D eigenvalue weighted by Crippen LogP contribution is -2.18. The van der Waals surface area contributed by atoms with Crippen LogP contribution in [0.15, 0.2) is 6.33 Å². The quantitative estimate of drug-likeness (QED) is 0.791. The van der Waals surface area contributed by atoms with Crippen molar-refractivity contribution in [3.05, 3.63) is 10.0 Å². The smallest absolute Gasteiger partial charge is 0.177 e. The number of anilines is 1. The van der Waals surface area contributed by atoms with Crippen molar-refractivity contribution in [2.45, 2.75) is 12.8 Å². The average molecular weight is 347 g/mol. The molecule has 1 fully saturated rings. The van der Waals surface area contributed by atoms with Crippen LogP contribution in [-0.2, 0) is 16.0 Å². The maximum absolute atomic E-state index is 5.81. The minimum Gasteiger partial charge on any atom is -0.383 e. The second kappa shape index (κ2) is 4.35. The summed E-state index contributed by atoms with van der Waals surface area (Å²) in [5, 5.41) is 5.16. The maximum Gasteiger partial charge on any atom is 0.177 e. The second-order valence-corrected chi connectivity index (χ2v) is 4.62. The fraction of sp³-hybridized carbons (Fsp3) is 0.444. The van der Waals surface area contributed by atoms with Crippen LogP contribution >= 0.6 is 22.6 Å². The zero-order chi connectivity index (χ0) is 11.8. The maximum atomic E-state index is 5.81. The van der Waals surface area contributed by atoms with Crippen LogP contribution < -0.4 is 5.73 Å². The number of nitrogen functional groups attached to an aromatic ring is 1. The van der Waals surface area contributed by atoms with Crippen molar-refractivity contribution in [1.82, 2.24) is 19.7 Å². The molecule has 1 saturated heterocycles. The number of aromatic nitrogens is 4. The molecule has 0 atom stereocenters. The van der Waals surface area contributed by atoms with Crippen LogP contribution in [0.5, 0.6) is 0 Å². The monoisotopic (exact) mass is 347 g/mol. The summed E-state index contributed by atoms with van der Waals surface area (Å²) in [6.07, 6.45) is 1.17. The molecule has 1 aliphatic rings. The molecule has 8 heteroatoms. The molecule has 0 radical (unpaired) electrons. The third-order valence-electron chi connectivity index (χ3n) is 2.53. The van der Waals surface area contributed by atoms with E-state index in [1.54, 1.807) is 4.68 Å². The highest BCUT2D eigenvalue weighted by Crippen LogP contribution is 2.23. The van der Waals surface area contributed by atoms with Crippen molar-refractivity contribution in [3.8, 4) is 0 Å². The molecule has 90 valence electrons. The van der Waals surface area contributed by atoms with Gasteiger partial charge in [0.15, 0.2) is 11.9 Å². The highest BCUT2D eigenvalue weighted by atomic mass is 127. The summed E-state index contributed by atoms with van der Waals surface area (Å²) in [6.45, 7) is 1.76. The van der Waals surface area contributed by atoms with Crippen LogP contribution in [-0.4, -0.2) is 39.3 Å². The van der Waals surface area contributed by atoms with E-state index in [2.05, 4.69) is 37.7 Å². The van der Waals surface area contributed by atoms with Crippen molar-refractivity contribution in [3.63, 3.8) is 0 Å². The molecule has 0 amide bonds. The Morgan fingerprint density at radius 3 is 2.94 bits per heavy atom. The lowest BCUT2D eigenvalue weighted by atomic mass is 10.4. The molecule has 7 nitrogen and oxygen atoms in total. The molecule has 2 aromatic heterocycles. The second-order valence-electron chi connectivity index (χ2n) is 3.60. The number of nitrogens with two attached hydrogens (primary N) is 1. The number of fused-ring (bicyclic) bond motifs is 1. The molecular formula is C9H10IN5O2. The first-order valence-corrected chi connectivity index (χ1v) is 6.19. The van der Waals surface area contributed by atoms with E-state index in [0.717, 1.165) is 9.09 Å². The van der Waals surface area contributed by atoms with E-state index in [1.807, 2.05) is 0 Å². The molecule has 2 N–H and O–H groups in total. The summed E-state index contributed by atoms with van der Waals surface area (Å²) >= 11 is 2.12. The van der Waals surface area contributed by atoms with Crippen molar-refractivity contribution >= 4 is 39.4 Å². The van der Waals surface area contributed by atoms with Crippen LogP contribution in [0.2, 0.25) is 0 Å². The van der Waals surface area contributed by atoms with Crippen LogP contribution in [0.25, 0.3) is 11.0 Å². The molecule has 17 heavy (non-hydrogen) atoms. The van der Waals surface area contributed by atoms with Crippen LogP contribution in [0.3, 0.4) is 0 Å². The Morgan fingerprint density at radius 1 is 1.41 bits per heavy atom. The molecular weight excluding hydrogens is 337 g/mol. The van der Waals surface area contributed by atoms with Crippen molar-refractivity contribution in [2.24, 2.45) is 0 Å². The van der Waals surface area contributed by atoms with E-state index in [4.69, 9.17) is 15.2 Å². The topological polar surface area (TPSA) is 88.1 Å². The van der Waals surface area contributed by atoms with Gasteiger partial charge < -0.3 is 15.2 Å². The molecule has 0 aromatic carbocycles. The predicted molar refractivity (Wildman–Crippen MR) is 68.1 cm³/mol. The number of rotatable bonds is 2. The van der Waals surface area contributed by atoms with Crippen molar-refractivity contribution < 1.29 is 9.47 Å². The van der Waals surface area contributed by atoms with Gasteiger partial charge >= 0.3 is 0 Å². The fourth-order valence-corrected chi connectivity index (χ4v) is 2.55. The molecule has 2 aromatic rings. The number of hydrogen-bond donors (Lipinski definition) is 1. The number of nitrogens with zero attached hydrogens (tertiary/aromatic N) is 4. The largest absolute Gasteiger partial charge is 0.383 e. The third-order valence-corrected chi connectivity index (χ3v) is 3.28. The molecule has 3 rings (SSSR count). The summed E-state index contributed by atoms with van der Waals surface area (Å²) in [7, 11) is 0. The molecule has 0 aliphatic carbocycles. The summed E-state index contributed by atoms with van der Waals surface area (Å²) in [4.78, 5) is 8.16. The number of halogens is 1. The van der Waals surface area contributed by atoms with Gasteiger partial charge in [-0.3, -0.25) is 0 Å². The Bertz CT molecular complexity index is 552. The van der Waals surface area contributed by atoms with Gasteiger partial charge in [-0.2, -0.15) is 5.10 Å². The molecule has 0 spiro atoms. The standard InChI is InChI=1S/C9H10IN5O2/c10-7-6-8(11)12-4-13-9(6)15(14-7)3-5-16-1-2-17-5/h4-5H,1-3H2,(H2,11,12,13). The van der Waals surface area contributed by atoms with Gasteiger partial charge in [0.2, 0.25) is 0 Å². The van der Waals surface area contributed by atoms with Crippen LogP contribution in [0.4, 0.5) is 5.82 Å². The molecule has 0 saturated carbocycles. The van der Waals surface area contributed by atoms with Crippen LogP contribution in [0.1, 0.15) is 0 Å². The highest BCUT2D eigenvalue weighted by molar-refractivity contribution is 14.1. The van der Waals surface area contributed by atoms with E-state index >= 15 is 0 Å². The Morgan fingerprint density at radius 2 is 2.18 bits per heavy atom. The van der Waals surface area contributed by atoms with Gasteiger partial charge in [-0.25, -0.2) is 14.6 Å². The van der Waals surface area contributed by atoms with Gasteiger partial charge in [0.25, 0.3) is 0 Å². The SMILES string of the molecule is Nc1ncnc2c1c(I)nn2CC1OCCO1.